The second-order valence-electron chi connectivity index (χ2n) is 2.45. The van der Waals surface area contributed by atoms with Gasteiger partial charge in [0.05, 0.1) is 0 Å². The van der Waals surface area contributed by atoms with Gasteiger partial charge in [-0.15, -0.1) is 24.8 Å². The van der Waals surface area contributed by atoms with Crippen LogP contribution in [0.25, 0.3) is 0 Å². The summed E-state index contributed by atoms with van der Waals surface area (Å²) in [7, 11) is 0. The lowest BCUT2D eigenvalue weighted by Gasteiger charge is -2.04. The molecule has 0 saturated heterocycles. The van der Waals surface area contributed by atoms with Gasteiger partial charge < -0.3 is 15.8 Å². The quantitative estimate of drug-likeness (QED) is 0.406. The van der Waals surface area contributed by atoms with E-state index in [4.69, 9.17) is 10.5 Å². The number of nitrogens with one attached hydrogen (secondary N) is 1. The number of carbonyl (C=O) groups is 1. The summed E-state index contributed by atoms with van der Waals surface area (Å²) in [5.41, 5.74) is 5.66. The Balaban J connectivity index is -0.000000605. The van der Waals surface area contributed by atoms with E-state index in [1.54, 1.807) is 6.92 Å². The molecule has 0 amide bonds. The summed E-state index contributed by atoms with van der Waals surface area (Å²) < 4.78 is 4.81. The highest BCUT2D eigenvalue weighted by atomic mass is 35.5. The fraction of sp³-hybridized carbons (Fsp3) is 0.625. The SMILES string of the molecule is C=C(C)C(=O)OCCNCCN.Cl.Cl. The zero-order chi connectivity index (χ0) is 9.40. The van der Waals surface area contributed by atoms with Gasteiger partial charge in [-0.25, -0.2) is 4.79 Å². The van der Waals surface area contributed by atoms with Crippen molar-refractivity contribution >= 4 is 30.8 Å². The first kappa shape index (κ1) is 19.3. The average molecular weight is 245 g/mol. The van der Waals surface area contributed by atoms with Crippen molar-refractivity contribution < 1.29 is 9.53 Å². The normalized spacial score (nSPS) is 8.14. The van der Waals surface area contributed by atoms with Gasteiger partial charge in [0.1, 0.15) is 6.61 Å². The Kier molecular flexibility index (Phi) is 17.5. The zero-order valence-electron chi connectivity index (χ0n) is 8.25. The first-order valence-corrected chi connectivity index (χ1v) is 3.92. The molecule has 6 heteroatoms. The molecule has 3 N–H and O–H groups in total. The van der Waals surface area contributed by atoms with Crippen LogP contribution in [0, 0.1) is 0 Å². The lowest BCUT2D eigenvalue weighted by Crippen LogP contribution is -2.26. The highest BCUT2D eigenvalue weighted by molar-refractivity contribution is 5.86. The molecule has 0 heterocycles. The summed E-state index contributed by atoms with van der Waals surface area (Å²) in [5.74, 6) is -0.343. The molecule has 0 saturated carbocycles. The summed E-state index contributed by atoms with van der Waals surface area (Å²) in [5, 5.41) is 3.00. The Bertz CT molecular complexity index is 165. The van der Waals surface area contributed by atoms with Gasteiger partial charge in [-0.3, -0.25) is 0 Å². The van der Waals surface area contributed by atoms with E-state index < -0.39 is 0 Å². The Morgan fingerprint density at radius 1 is 1.43 bits per heavy atom. The molecule has 4 nitrogen and oxygen atoms in total. The predicted molar refractivity (Wildman–Crippen MR) is 62.2 cm³/mol. The first-order valence-electron chi connectivity index (χ1n) is 3.92. The van der Waals surface area contributed by atoms with Crippen molar-refractivity contribution in [3.8, 4) is 0 Å². The van der Waals surface area contributed by atoms with Gasteiger partial charge in [0.25, 0.3) is 0 Å². The fourth-order valence-corrected chi connectivity index (χ4v) is 0.566. The lowest BCUT2D eigenvalue weighted by molar-refractivity contribution is -0.138. The predicted octanol–water partition coefficient (Wildman–Crippen LogP) is 0.498. The average Bonchev–Trinajstić information content (AvgIpc) is 2.03. The van der Waals surface area contributed by atoms with E-state index in [2.05, 4.69) is 11.9 Å². The summed E-state index contributed by atoms with van der Waals surface area (Å²) in [6.07, 6.45) is 0. The van der Waals surface area contributed by atoms with Crippen LogP contribution in [-0.4, -0.2) is 32.2 Å². The van der Waals surface area contributed by atoms with Gasteiger partial charge in [0.15, 0.2) is 0 Å². The second kappa shape index (κ2) is 12.7. The van der Waals surface area contributed by atoms with Gasteiger partial charge in [-0.05, 0) is 6.92 Å². The van der Waals surface area contributed by atoms with Crippen LogP contribution in [0.4, 0.5) is 0 Å². The van der Waals surface area contributed by atoms with Crippen molar-refractivity contribution in [2.24, 2.45) is 5.73 Å². The lowest BCUT2D eigenvalue weighted by atomic mass is 10.4. The largest absolute Gasteiger partial charge is 0.461 e. The first-order chi connectivity index (χ1) is 5.68. The molecule has 0 spiro atoms. The summed E-state index contributed by atoms with van der Waals surface area (Å²) in [6, 6.07) is 0. The summed E-state index contributed by atoms with van der Waals surface area (Å²) in [4.78, 5) is 10.8. The molecule has 0 unspecified atom stereocenters. The molecule has 0 aliphatic rings. The molecule has 0 aromatic carbocycles. The molecule has 0 aliphatic heterocycles. The van der Waals surface area contributed by atoms with Gasteiger partial charge in [0.2, 0.25) is 0 Å². The Morgan fingerprint density at radius 3 is 2.43 bits per heavy atom. The Morgan fingerprint density at radius 2 is 2.00 bits per heavy atom. The number of halogens is 2. The number of carbonyl (C=O) groups excluding carboxylic acids is 1. The van der Waals surface area contributed by atoms with Crippen molar-refractivity contribution in [1.29, 1.82) is 0 Å². The number of hydrogen-bond donors (Lipinski definition) is 2. The van der Waals surface area contributed by atoms with Crippen LogP contribution < -0.4 is 11.1 Å². The van der Waals surface area contributed by atoms with E-state index in [1.165, 1.54) is 0 Å². The molecule has 0 rings (SSSR count). The second-order valence-corrected chi connectivity index (χ2v) is 2.45. The number of esters is 1. The van der Waals surface area contributed by atoms with Gasteiger partial charge >= 0.3 is 5.97 Å². The maximum absolute atomic E-state index is 10.8. The monoisotopic (exact) mass is 244 g/mol. The molecule has 0 aliphatic carbocycles. The number of hydrogen-bond acceptors (Lipinski definition) is 4. The smallest absolute Gasteiger partial charge is 0.333 e. The zero-order valence-corrected chi connectivity index (χ0v) is 9.88. The molecule has 86 valence electrons. The van der Waals surface area contributed by atoms with Crippen molar-refractivity contribution in [3.05, 3.63) is 12.2 Å². The minimum absolute atomic E-state index is 0. The molecule has 0 bridgehead atoms. The fourth-order valence-electron chi connectivity index (χ4n) is 0.566. The highest BCUT2D eigenvalue weighted by Gasteiger charge is 2.00. The topological polar surface area (TPSA) is 64.3 Å². The van der Waals surface area contributed by atoms with Crippen molar-refractivity contribution in [1.82, 2.24) is 5.32 Å². The van der Waals surface area contributed by atoms with Crippen LogP contribution in [-0.2, 0) is 9.53 Å². The van der Waals surface area contributed by atoms with Crippen LogP contribution in [0.3, 0.4) is 0 Å². The van der Waals surface area contributed by atoms with Gasteiger partial charge in [-0.1, -0.05) is 6.58 Å². The summed E-state index contributed by atoms with van der Waals surface area (Å²) >= 11 is 0. The van der Waals surface area contributed by atoms with Crippen LogP contribution in [0.2, 0.25) is 0 Å². The molecule has 14 heavy (non-hydrogen) atoms. The molecule has 0 atom stereocenters. The van der Waals surface area contributed by atoms with Gasteiger partial charge in [-0.2, -0.15) is 0 Å². The molecule has 0 radical (unpaired) electrons. The molecule has 0 aromatic heterocycles. The van der Waals surface area contributed by atoms with Crippen LogP contribution in [0.5, 0.6) is 0 Å². The minimum atomic E-state index is -0.343. The number of nitrogens with two attached hydrogens (primary N) is 1. The molecular weight excluding hydrogens is 227 g/mol. The number of ether oxygens (including phenoxy) is 1. The van der Waals surface area contributed by atoms with Crippen molar-refractivity contribution in [3.63, 3.8) is 0 Å². The Hall–Kier alpha value is -0.290. The van der Waals surface area contributed by atoms with Crippen LogP contribution in [0.15, 0.2) is 12.2 Å². The molecular formula is C8H18Cl2N2O2. The van der Waals surface area contributed by atoms with E-state index in [0.29, 0.717) is 25.3 Å². The van der Waals surface area contributed by atoms with E-state index in [9.17, 15) is 4.79 Å². The van der Waals surface area contributed by atoms with E-state index in [-0.39, 0.29) is 30.8 Å². The minimum Gasteiger partial charge on any atom is -0.461 e. The molecule has 0 aromatic rings. The van der Waals surface area contributed by atoms with E-state index >= 15 is 0 Å². The maximum Gasteiger partial charge on any atom is 0.333 e. The molecule has 0 fully saturated rings. The van der Waals surface area contributed by atoms with E-state index in [0.717, 1.165) is 6.54 Å². The highest BCUT2D eigenvalue weighted by Crippen LogP contribution is 1.90. The maximum atomic E-state index is 10.8. The number of rotatable bonds is 6. The van der Waals surface area contributed by atoms with Crippen LogP contribution in [0.1, 0.15) is 6.92 Å². The third-order valence-corrected chi connectivity index (χ3v) is 1.18. The summed E-state index contributed by atoms with van der Waals surface area (Å²) in [6.45, 7) is 7.41. The third kappa shape index (κ3) is 11.7. The van der Waals surface area contributed by atoms with Gasteiger partial charge in [0, 0.05) is 25.2 Å². The van der Waals surface area contributed by atoms with Crippen LogP contribution >= 0.6 is 24.8 Å². The standard InChI is InChI=1S/C8H16N2O2.2ClH/c1-7(2)8(11)12-6-5-10-4-3-9;;/h10H,1,3-6,9H2,2H3;2*1H. The third-order valence-electron chi connectivity index (χ3n) is 1.18. The van der Waals surface area contributed by atoms with Crippen molar-refractivity contribution in [2.45, 2.75) is 6.92 Å². The van der Waals surface area contributed by atoms with E-state index in [1.807, 2.05) is 0 Å². The van der Waals surface area contributed by atoms with Crippen molar-refractivity contribution in [2.75, 3.05) is 26.2 Å². The Labute approximate surface area is 97.1 Å².